The standard InChI is InChI=1S/C15H18F3N3/c1-4-13-9(2)20-21(10(13)3)12-5-6-14(15(16,17)18)11(7-12)8-19/h5-7H,4,8,19H2,1-3H3. The summed E-state index contributed by atoms with van der Waals surface area (Å²) in [6.07, 6.45) is -3.56. The minimum absolute atomic E-state index is 0.0746. The Balaban J connectivity index is 2.57. The molecule has 1 heterocycles. The van der Waals surface area contributed by atoms with Crippen LogP contribution in [0.25, 0.3) is 5.69 Å². The number of rotatable bonds is 3. The molecule has 0 fully saturated rings. The van der Waals surface area contributed by atoms with E-state index in [-0.39, 0.29) is 12.1 Å². The van der Waals surface area contributed by atoms with Crippen LogP contribution in [0.4, 0.5) is 13.2 Å². The summed E-state index contributed by atoms with van der Waals surface area (Å²) in [5, 5.41) is 4.41. The monoisotopic (exact) mass is 297 g/mol. The molecule has 3 nitrogen and oxygen atoms in total. The second kappa shape index (κ2) is 5.52. The summed E-state index contributed by atoms with van der Waals surface area (Å²) in [6.45, 7) is 5.68. The molecule has 114 valence electrons. The smallest absolute Gasteiger partial charge is 0.326 e. The highest BCUT2D eigenvalue weighted by molar-refractivity contribution is 5.44. The first-order valence-electron chi connectivity index (χ1n) is 6.75. The lowest BCUT2D eigenvalue weighted by Gasteiger charge is -2.14. The normalized spacial score (nSPS) is 12.0. The van der Waals surface area contributed by atoms with Gasteiger partial charge in [-0.15, -0.1) is 0 Å². The van der Waals surface area contributed by atoms with Gasteiger partial charge in [0, 0.05) is 12.2 Å². The van der Waals surface area contributed by atoms with Crippen molar-refractivity contribution in [3.63, 3.8) is 0 Å². The van der Waals surface area contributed by atoms with E-state index in [1.165, 1.54) is 12.1 Å². The highest BCUT2D eigenvalue weighted by Gasteiger charge is 2.33. The van der Waals surface area contributed by atoms with Crippen LogP contribution in [0.5, 0.6) is 0 Å². The molecule has 1 aromatic heterocycles. The Morgan fingerprint density at radius 2 is 1.90 bits per heavy atom. The summed E-state index contributed by atoms with van der Waals surface area (Å²) in [4.78, 5) is 0. The summed E-state index contributed by atoms with van der Waals surface area (Å²) in [7, 11) is 0. The Kier molecular flexibility index (Phi) is 4.09. The van der Waals surface area contributed by atoms with Gasteiger partial charge in [-0.25, -0.2) is 4.68 Å². The van der Waals surface area contributed by atoms with E-state index < -0.39 is 11.7 Å². The molecule has 0 bridgehead atoms. The van der Waals surface area contributed by atoms with Crippen molar-refractivity contribution in [3.05, 3.63) is 46.3 Å². The molecule has 0 aliphatic rings. The van der Waals surface area contributed by atoms with Gasteiger partial charge in [0.05, 0.1) is 16.9 Å². The fraction of sp³-hybridized carbons (Fsp3) is 0.400. The zero-order valence-corrected chi connectivity index (χ0v) is 12.3. The summed E-state index contributed by atoms with van der Waals surface area (Å²) in [5.41, 5.74) is 8.40. The van der Waals surface area contributed by atoms with Crippen LogP contribution in [0.1, 0.15) is 35.0 Å². The largest absolute Gasteiger partial charge is 0.416 e. The molecule has 21 heavy (non-hydrogen) atoms. The minimum Gasteiger partial charge on any atom is -0.326 e. The van der Waals surface area contributed by atoms with Crippen LogP contribution in [-0.4, -0.2) is 9.78 Å². The molecule has 2 N–H and O–H groups in total. The van der Waals surface area contributed by atoms with Gasteiger partial charge in [0.15, 0.2) is 0 Å². The van der Waals surface area contributed by atoms with Crippen LogP contribution in [0.15, 0.2) is 18.2 Å². The van der Waals surface area contributed by atoms with Gasteiger partial charge < -0.3 is 5.73 Å². The first kappa shape index (κ1) is 15.6. The van der Waals surface area contributed by atoms with Gasteiger partial charge in [-0.05, 0) is 49.6 Å². The molecule has 0 atom stereocenters. The average Bonchev–Trinajstić information content (AvgIpc) is 2.71. The predicted molar refractivity (Wildman–Crippen MR) is 75.3 cm³/mol. The van der Waals surface area contributed by atoms with Gasteiger partial charge >= 0.3 is 6.18 Å². The molecule has 0 radical (unpaired) electrons. The fourth-order valence-electron chi connectivity index (χ4n) is 2.60. The van der Waals surface area contributed by atoms with E-state index in [1.807, 2.05) is 20.8 Å². The third kappa shape index (κ3) is 2.81. The Morgan fingerprint density at radius 3 is 2.38 bits per heavy atom. The quantitative estimate of drug-likeness (QED) is 0.942. The number of nitrogens with zero attached hydrogens (tertiary/aromatic N) is 2. The molecule has 1 aromatic carbocycles. The van der Waals surface area contributed by atoms with Crippen molar-refractivity contribution >= 4 is 0 Å². The summed E-state index contributed by atoms with van der Waals surface area (Å²) in [5.74, 6) is 0. The van der Waals surface area contributed by atoms with Crippen molar-refractivity contribution < 1.29 is 13.2 Å². The summed E-state index contributed by atoms with van der Waals surface area (Å²) in [6, 6.07) is 3.96. The number of aryl methyl sites for hydroxylation is 1. The lowest BCUT2D eigenvalue weighted by Crippen LogP contribution is -2.13. The van der Waals surface area contributed by atoms with E-state index in [4.69, 9.17) is 5.73 Å². The Bertz CT molecular complexity index is 657. The Hall–Kier alpha value is -1.82. The van der Waals surface area contributed by atoms with Crippen molar-refractivity contribution in [3.8, 4) is 5.69 Å². The lowest BCUT2D eigenvalue weighted by atomic mass is 10.1. The SMILES string of the molecule is CCc1c(C)nn(-c2ccc(C(F)(F)F)c(CN)c2)c1C. The average molecular weight is 297 g/mol. The van der Waals surface area contributed by atoms with Gasteiger partial charge in [-0.1, -0.05) is 6.92 Å². The van der Waals surface area contributed by atoms with Gasteiger partial charge in [-0.3, -0.25) is 0 Å². The molecule has 0 aliphatic carbocycles. The molecular formula is C15H18F3N3. The van der Waals surface area contributed by atoms with Crippen molar-refractivity contribution in [2.75, 3.05) is 0 Å². The fourth-order valence-corrected chi connectivity index (χ4v) is 2.60. The van der Waals surface area contributed by atoms with Crippen LogP contribution in [0, 0.1) is 13.8 Å². The van der Waals surface area contributed by atoms with Crippen LogP contribution in [0.3, 0.4) is 0 Å². The maximum Gasteiger partial charge on any atom is 0.416 e. The van der Waals surface area contributed by atoms with Crippen molar-refractivity contribution in [2.45, 2.75) is 39.9 Å². The first-order chi connectivity index (χ1) is 9.79. The first-order valence-corrected chi connectivity index (χ1v) is 6.75. The lowest BCUT2D eigenvalue weighted by molar-refractivity contribution is -0.138. The predicted octanol–water partition coefficient (Wildman–Crippen LogP) is 3.53. The number of hydrogen-bond donors (Lipinski definition) is 1. The van der Waals surface area contributed by atoms with Gasteiger partial charge in [0.25, 0.3) is 0 Å². The number of nitrogens with two attached hydrogens (primary N) is 1. The second-order valence-electron chi connectivity index (χ2n) is 4.96. The van der Waals surface area contributed by atoms with Gasteiger partial charge in [0.1, 0.15) is 0 Å². The van der Waals surface area contributed by atoms with E-state index in [2.05, 4.69) is 5.10 Å². The molecule has 0 saturated carbocycles. The highest BCUT2D eigenvalue weighted by Crippen LogP contribution is 2.33. The Morgan fingerprint density at radius 1 is 1.24 bits per heavy atom. The molecule has 6 heteroatoms. The third-order valence-electron chi connectivity index (χ3n) is 3.65. The number of benzene rings is 1. The molecule has 2 rings (SSSR count). The van der Waals surface area contributed by atoms with Crippen LogP contribution in [-0.2, 0) is 19.1 Å². The van der Waals surface area contributed by atoms with Crippen LogP contribution in [0.2, 0.25) is 0 Å². The number of halogens is 3. The maximum absolute atomic E-state index is 12.9. The minimum atomic E-state index is -4.39. The zero-order valence-electron chi connectivity index (χ0n) is 12.3. The molecular weight excluding hydrogens is 279 g/mol. The van der Waals surface area contributed by atoms with Gasteiger partial charge in [0.2, 0.25) is 0 Å². The summed E-state index contributed by atoms with van der Waals surface area (Å²) >= 11 is 0. The van der Waals surface area contributed by atoms with E-state index in [0.29, 0.717) is 5.69 Å². The molecule has 0 aliphatic heterocycles. The summed E-state index contributed by atoms with van der Waals surface area (Å²) < 4.78 is 40.4. The van der Waals surface area contributed by atoms with Crippen molar-refractivity contribution in [1.29, 1.82) is 0 Å². The molecule has 0 amide bonds. The Labute approximate surface area is 121 Å². The van der Waals surface area contributed by atoms with E-state index >= 15 is 0 Å². The van der Waals surface area contributed by atoms with Gasteiger partial charge in [-0.2, -0.15) is 18.3 Å². The number of aromatic nitrogens is 2. The van der Waals surface area contributed by atoms with E-state index in [9.17, 15) is 13.2 Å². The third-order valence-corrected chi connectivity index (χ3v) is 3.65. The van der Waals surface area contributed by atoms with E-state index in [0.717, 1.165) is 29.4 Å². The van der Waals surface area contributed by atoms with E-state index in [1.54, 1.807) is 4.68 Å². The molecule has 2 aromatic rings. The van der Waals surface area contributed by atoms with Crippen molar-refractivity contribution in [2.24, 2.45) is 5.73 Å². The molecule has 0 saturated heterocycles. The second-order valence-corrected chi connectivity index (χ2v) is 4.96. The van der Waals surface area contributed by atoms with Crippen molar-refractivity contribution in [1.82, 2.24) is 9.78 Å². The molecule has 0 unspecified atom stereocenters. The molecule has 0 spiro atoms. The maximum atomic E-state index is 12.9. The van der Waals surface area contributed by atoms with Crippen LogP contribution >= 0.6 is 0 Å². The number of hydrogen-bond acceptors (Lipinski definition) is 2. The zero-order chi connectivity index (χ0) is 15.8. The highest BCUT2D eigenvalue weighted by atomic mass is 19.4. The topological polar surface area (TPSA) is 43.8 Å². The number of alkyl halides is 3. The van der Waals surface area contributed by atoms with Crippen LogP contribution < -0.4 is 5.73 Å².